The Morgan fingerprint density at radius 3 is 2.75 bits per heavy atom. The summed E-state index contributed by atoms with van der Waals surface area (Å²) in [5, 5.41) is 1.90. The Balaban J connectivity index is 2.06. The standard InChI is InChI=1S/C15H13N3OS/c1-19-12-7-4-8-13(14(12)16)20-15-10-5-2-3-6-11(10)17-9-18-15/h2-9H,16H2,1H3. The van der Waals surface area contributed by atoms with Gasteiger partial charge in [-0.15, -0.1) is 0 Å². The highest BCUT2D eigenvalue weighted by Gasteiger charge is 2.10. The number of hydrogen-bond donors (Lipinski definition) is 1. The number of anilines is 1. The number of para-hydroxylation sites is 2. The van der Waals surface area contributed by atoms with E-state index in [1.54, 1.807) is 13.4 Å². The molecular weight excluding hydrogens is 270 g/mol. The maximum Gasteiger partial charge on any atom is 0.142 e. The van der Waals surface area contributed by atoms with Gasteiger partial charge in [0.15, 0.2) is 0 Å². The number of methoxy groups -OCH3 is 1. The number of nitrogens with two attached hydrogens (primary N) is 1. The van der Waals surface area contributed by atoms with Gasteiger partial charge in [-0.1, -0.05) is 36.0 Å². The molecule has 2 aromatic carbocycles. The van der Waals surface area contributed by atoms with Crippen LogP contribution in [0.4, 0.5) is 5.69 Å². The Morgan fingerprint density at radius 2 is 1.90 bits per heavy atom. The normalized spacial score (nSPS) is 10.7. The van der Waals surface area contributed by atoms with Crippen molar-refractivity contribution in [1.82, 2.24) is 9.97 Å². The molecule has 0 fully saturated rings. The second kappa shape index (κ2) is 5.38. The summed E-state index contributed by atoms with van der Waals surface area (Å²) < 4.78 is 5.24. The molecule has 20 heavy (non-hydrogen) atoms. The number of nitrogen functional groups attached to an aromatic ring is 1. The fourth-order valence-corrected chi connectivity index (χ4v) is 2.90. The third kappa shape index (κ3) is 2.28. The highest BCUT2D eigenvalue weighted by atomic mass is 32.2. The van der Waals surface area contributed by atoms with Gasteiger partial charge in [0, 0.05) is 10.3 Å². The van der Waals surface area contributed by atoms with Crippen LogP contribution in [-0.2, 0) is 0 Å². The van der Waals surface area contributed by atoms with Crippen LogP contribution in [0.5, 0.6) is 5.75 Å². The number of fused-ring (bicyclic) bond motifs is 1. The van der Waals surface area contributed by atoms with Crippen molar-refractivity contribution >= 4 is 28.4 Å². The van der Waals surface area contributed by atoms with E-state index in [-0.39, 0.29) is 0 Å². The van der Waals surface area contributed by atoms with Crippen LogP contribution in [0, 0.1) is 0 Å². The molecule has 0 aliphatic rings. The number of benzene rings is 2. The van der Waals surface area contributed by atoms with Crippen molar-refractivity contribution in [3.05, 3.63) is 48.8 Å². The van der Waals surface area contributed by atoms with Gasteiger partial charge < -0.3 is 10.5 Å². The summed E-state index contributed by atoms with van der Waals surface area (Å²) in [7, 11) is 1.61. The predicted molar refractivity (Wildman–Crippen MR) is 81.1 cm³/mol. The van der Waals surface area contributed by atoms with Crippen LogP contribution >= 0.6 is 11.8 Å². The van der Waals surface area contributed by atoms with Crippen molar-refractivity contribution < 1.29 is 4.74 Å². The molecule has 5 heteroatoms. The van der Waals surface area contributed by atoms with Gasteiger partial charge in [0.1, 0.15) is 17.1 Å². The Morgan fingerprint density at radius 1 is 1.05 bits per heavy atom. The Kier molecular flexibility index (Phi) is 3.43. The predicted octanol–water partition coefficient (Wildman–Crippen LogP) is 3.37. The van der Waals surface area contributed by atoms with Gasteiger partial charge in [0.25, 0.3) is 0 Å². The Labute approximate surface area is 121 Å². The van der Waals surface area contributed by atoms with E-state index in [1.807, 2.05) is 42.5 Å². The molecule has 0 aliphatic carbocycles. The van der Waals surface area contributed by atoms with Crippen LogP contribution in [0.3, 0.4) is 0 Å². The molecule has 0 saturated carbocycles. The number of aromatic nitrogens is 2. The molecule has 0 atom stereocenters. The fraction of sp³-hybridized carbons (Fsp3) is 0.0667. The van der Waals surface area contributed by atoms with Gasteiger partial charge in [-0.2, -0.15) is 0 Å². The SMILES string of the molecule is COc1cccc(Sc2ncnc3ccccc23)c1N. The minimum Gasteiger partial charge on any atom is -0.495 e. The summed E-state index contributed by atoms with van der Waals surface area (Å²) in [5.74, 6) is 0.674. The lowest BCUT2D eigenvalue weighted by molar-refractivity contribution is 0.416. The van der Waals surface area contributed by atoms with Crippen molar-refractivity contribution in [2.75, 3.05) is 12.8 Å². The molecule has 4 nitrogen and oxygen atoms in total. The highest BCUT2D eigenvalue weighted by Crippen LogP contribution is 2.37. The van der Waals surface area contributed by atoms with Crippen LogP contribution in [0.25, 0.3) is 10.9 Å². The second-order valence-electron chi connectivity index (χ2n) is 4.17. The molecule has 0 radical (unpaired) electrons. The zero-order valence-corrected chi connectivity index (χ0v) is 11.7. The average Bonchev–Trinajstić information content (AvgIpc) is 2.50. The third-order valence-electron chi connectivity index (χ3n) is 2.96. The van der Waals surface area contributed by atoms with Crippen molar-refractivity contribution in [2.45, 2.75) is 9.92 Å². The summed E-state index contributed by atoms with van der Waals surface area (Å²) in [6.45, 7) is 0. The Hall–Kier alpha value is -2.27. The maximum atomic E-state index is 6.10. The molecule has 0 aliphatic heterocycles. The molecule has 1 heterocycles. The van der Waals surface area contributed by atoms with Crippen LogP contribution in [-0.4, -0.2) is 17.1 Å². The molecule has 1 aromatic heterocycles. The Bertz CT molecular complexity index is 756. The lowest BCUT2D eigenvalue weighted by atomic mass is 10.2. The zero-order chi connectivity index (χ0) is 13.9. The van der Waals surface area contributed by atoms with Gasteiger partial charge in [-0.05, 0) is 18.2 Å². The van der Waals surface area contributed by atoms with Crippen molar-refractivity contribution in [3.8, 4) is 5.75 Å². The second-order valence-corrected chi connectivity index (χ2v) is 5.20. The van der Waals surface area contributed by atoms with E-state index >= 15 is 0 Å². The van der Waals surface area contributed by atoms with Gasteiger partial charge >= 0.3 is 0 Å². The summed E-state index contributed by atoms with van der Waals surface area (Å²) in [6, 6.07) is 13.6. The van der Waals surface area contributed by atoms with Gasteiger partial charge in [0.05, 0.1) is 18.3 Å². The molecule has 3 rings (SSSR count). The first kappa shape index (κ1) is 12.7. The quantitative estimate of drug-likeness (QED) is 0.590. The van der Waals surface area contributed by atoms with Gasteiger partial charge in [0.2, 0.25) is 0 Å². The lowest BCUT2D eigenvalue weighted by Crippen LogP contribution is -1.94. The first-order valence-corrected chi connectivity index (χ1v) is 6.91. The summed E-state index contributed by atoms with van der Waals surface area (Å²) >= 11 is 1.52. The first-order valence-electron chi connectivity index (χ1n) is 6.09. The van der Waals surface area contributed by atoms with Gasteiger partial charge in [-0.3, -0.25) is 0 Å². The molecular formula is C15H13N3OS. The molecule has 0 amide bonds. The molecule has 2 N–H and O–H groups in total. The summed E-state index contributed by atoms with van der Waals surface area (Å²) in [6.07, 6.45) is 1.57. The van der Waals surface area contributed by atoms with E-state index in [0.29, 0.717) is 11.4 Å². The third-order valence-corrected chi connectivity index (χ3v) is 4.05. The van der Waals surface area contributed by atoms with Crippen molar-refractivity contribution in [3.63, 3.8) is 0 Å². The summed E-state index contributed by atoms with van der Waals surface area (Å²) in [5.41, 5.74) is 7.65. The molecule has 0 bridgehead atoms. The average molecular weight is 283 g/mol. The number of ether oxygens (including phenoxy) is 1. The van der Waals surface area contributed by atoms with E-state index in [9.17, 15) is 0 Å². The fourth-order valence-electron chi connectivity index (χ4n) is 1.96. The molecule has 0 spiro atoms. The first-order chi connectivity index (χ1) is 9.79. The summed E-state index contributed by atoms with van der Waals surface area (Å²) in [4.78, 5) is 9.54. The van der Waals surface area contributed by atoms with E-state index in [2.05, 4.69) is 9.97 Å². The minimum atomic E-state index is 0.627. The molecule has 100 valence electrons. The number of rotatable bonds is 3. The minimum absolute atomic E-state index is 0.627. The van der Waals surface area contributed by atoms with Crippen LogP contribution in [0.2, 0.25) is 0 Å². The molecule has 0 saturated heterocycles. The molecule has 0 unspecified atom stereocenters. The van der Waals surface area contributed by atoms with Gasteiger partial charge in [-0.25, -0.2) is 9.97 Å². The zero-order valence-electron chi connectivity index (χ0n) is 10.9. The largest absolute Gasteiger partial charge is 0.495 e. The number of hydrogen-bond acceptors (Lipinski definition) is 5. The van der Waals surface area contributed by atoms with Crippen molar-refractivity contribution in [1.29, 1.82) is 0 Å². The van der Waals surface area contributed by atoms with E-state index in [1.165, 1.54) is 11.8 Å². The van der Waals surface area contributed by atoms with Crippen LogP contribution in [0.15, 0.2) is 58.7 Å². The van der Waals surface area contributed by atoms with E-state index < -0.39 is 0 Å². The lowest BCUT2D eigenvalue weighted by Gasteiger charge is -2.10. The van der Waals surface area contributed by atoms with E-state index in [0.717, 1.165) is 20.8 Å². The topological polar surface area (TPSA) is 61.0 Å². The highest BCUT2D eigenvalue weighted by molar-refractivity contribution is 7.99. The smallest absolute Gasteiger partial charge is 0.142 e. The van der Waals surface area contributed by atoms with E-state index in [4.69, 9.17) is 10.5 Å². The number of nitrogens with zero attached hydrogens (tertiary/aromatic N) is 2. The van der Waals surface area contributed by atoms with Crippen LogP contribution in [0.1, 0.15) is 0 Å². The monoisotopic (exact) mass is 283 g/mol. The van der Waals surface area contributed by atoms with Crippen molar-refractivity contribution in [2.24, 2.45) is 0 Å². The van der Waals surface area contributed by atoms with Crippen LogP contribution < -0.4 is 10.5 Å². The maximum absolute atomic E-state index is 6.10. The molecule has 3 aromatic rings.